The Morgan fingerprint density at radius 1 is 1.07 bits per heavy atom. The highest BCUT2D eigenvalue weighted by atomic mass is 16.1. The van der Waals surface area contributed by atoms with Crippen LogP contribution in [0.4, 0.5) is 0 Å². The number of amides is 1. The van der Waals surface area contributed by atoms with E-state index in [4.69, 9.17) is 0 Å². The maximum absolute atomic E-state index is 12.6. The molecule has 7 nitrogen and oxygen atoms in total. The quantitative estimate of drug-likeness (QED) is 0.564. The lowest BCUT2D eigenvalue weighted by atomic mass is 10.1. The molecule has 28 heavy (non-hydrogen) atoms. The van der Waals surface area contributed by atoms with Crippen LogP contribution in [0.2, 0.25) is 0 Å². The van der Waals surface area contributed by atoms with Gasteiger partial charge in [-0.05, 0) is 30.2 Å². The van der Waals surface area contributed by atoms with Crippen molar-refractivity contribution in [3.63, 3.8) is 0 Å². The van der Waals surface area contributed by atoms with Crippen LogP contribution in [-0.2, 0) is 6.54 Å². The second-order valence-electron chi connectivity index (χ2n) is 6.54. The largest absolute Gasteiger partial charge is 0.345 e. The number of rotatable bonds is 6. The highest BCUT2D eigenvalue weighted by Gasteiger charge is 2.13. The number of carbonyl (C=O) groups is 1. The first-order valence-corrected chi connectivity index (χ1v) is 9.01. The molecule has 2 aromatic heterocycles. The number of hydrogen-bond acceptors (Lipinski definition) is 4. The summed E-state index contributed by atoms with van der Waals surface area (Å²) >= 11 is 0. The molecule has 140 valence electrons. The summed E-state index contributed by atoms with van der Waals surface area (Å²) in [7, 11) is 0. The van der Waals surface area contributed by atoms with Gasteiger partial charge < -0.3 is 5.32 Å². The average molecular weight is 372 g/mol. The fourth-order valence-corrected chi connectivity index (χ4v) is 2.96. The van der Waals surface area contributed by atoms with Crippen LogP contribution in [0.3, 0.4) is 0 Å². The van der Waals surface area contributed by atoms with Gasteiger partial charge >= 0.3 is 0 Å². The number of aromatic nitrogens is 5. The summed E-state index contributed by atoms with van der Waals surface area (Å²) in [6.07, 6.45) is 6.50. The predicted octanol–water partition coefficient (Wildman–Crippen LogP) is 3.00. The zero-order valence-electron chi connectivity index (χ0n) is 15.4. The molecular weight excluding hydrogens is 352 g/mol. The van der Waals surface area contributed by atoms with Crippen LogP contribution in [0.5, 0.6) is 0 Å². The summed E-state index contributed by atoms with van der Waals surface area (Å²) in [6, 6.07) is 17.7. The molecular formula is C21H20N6O. The van der Waals surface area contributed by atoms with E-state index in [2.05, 4.69) is 20.5 Å². The van der Waals surface area contributed by atoms with Gasteiger partial charge in [-0.15, -0.1) is 0 Å². The Labute approximate surface area is 162 Å². The van der Waals surface area contributed by atoms with Gasteiger partial charge in [-0.2, -0.15) is 10.2 Å². The van der Waals surface area contributed by atoms with E-state index in [1.165, 1.54) is 6.33 Å². The van der Waals surface area contributed by atoms with Crippen molar-refractivity contribution in [2.45, 2.75) is 19.5 Å². The van der Waals surface area contributed by atoms with Crippen molar-refractivity contribution >= 4 is 5.91 Å². The van der Waals surface area contributed by atoms with Crippen molar-refractivity contribution < 1.29 is 4.79 Å². The third-order valence-electron chi connectivity index (χ3n) is 4.51. The molecule has 0 unspecified atom stereocenters. The number of nitrogens with one attached hydrogen (secondary N) is 1. The molecule has 1 atom stereocenters. The second-order valence-corrected chi connectivity index (χ2v) is 6.54. The van der Waals surface area contributed by atoms with Gasteiger partial charge in [0, 0.05) is 6.20 Å². The Morgan fingerprint density at radius 2 is 1.86 bits per heavy atom. The summed E-state index contributed by atoms with van der Waals surface area (Å²) < 4.78 is 3.45. The van der Waals surface area contributed by atoms with Crippen LogP contribution in [0.15, 0.2) is 79.6 Å². The van der Waals surface area contributed by atoms with Gasteiger partial charge in [-0.25, -0.2) is 9.67 Å². The molecule has 0 aliphatic rings. The number of nitrogens with zero attached hydrogens (tertiary/aromatic N) is 5. The first-order chi connectivity index (χ1) is 13.7. The summed E-state index contributed by atoms with van der Waals surface area (Å²) in [5, 5.41) is 11.4. The van der Waals surface area contributed by atoms with Gasteiger partial charge in [0.05, 0.1) is 30.0 Å². The third kappa shape index (κ3) is 3.98. The normalized spacial score (nSPS) is 11.9. The molecule has 1 amide bonds. The lowest BCUT2D eigenvalue weighted by molar-refractivity contribution is 0.0940. The predicted molar refractivity (Wildman–Crippen MR) is 105 cm³/mol. The Kier molecular flexibility index (Phi) is 4.97. The maximum Gasteiger partial charge on any atom is 0.254 e. The van der Waals surface area contributed by atoms with E-state index < -0.39 is 0 Å². The molecule has 7 heteroatoms. The molecule has 0 fully saturated rings. The summed E-state index contributed by atoms with van der Waals surface area (Å²) in [5.41, 5.74) is 3.61. The highest BCUT2D eigenvalue weighted by molar-refractivity contribution is 5.93. The molecule has 0 aliphatic carbocycles. The molecule has 4 aromatic rings. The van der Waals surface area contributed by atoms with E-state index in [0.717, 1.165) is 16.8 Å². The molecule has 2 aromatic carbocycles. The van der Waals surface area contributed by atoms with Crippen molar-refractivity contribution in [2.24, 2.45) is 0 Å². The topological polar surface area (TPSA) is 77.6 Å². The lowest BCUT2D eigenvalue weighted by Gasteiger charge is -2.14. The molecule has 0 saturated carbocycles. The van der Waals surface area contributed by atoms with Gasteiger partial charge in [0.25, 0.3) is 5.91 Å². The van der Waals surface area contributed by atoms with Crippen molar-refractivity contribution in [1.29, 1.82) is 0 Å². The molecule has 1 N–H and O–H groups in total. The molecule has 0 aliphatic heterocycles. The SMILES string of the molecule is C[C@H](NC(=O)c1cnn(Cc2ccccc2)c1)c1ccc(-n2cncn2)cc1. The van der Waals surface area contributed by atoms with E-state index in [-0.39, 0.29) is 11.9 Å². The average Bonchev–Trinajstić information content (AvgIpc) is 3.41. The smallest absolute Gasteiger partial charge is 0.254 e. The minimum Gasteiger partial charge on any atom is -0.345 e. The van der Waals surface area contributed by atoms with Crippen LogP contribution in [0.1, 0.15) is 34.5 Å². The maximum atomic E-state index is 12.6. The zero-order chi connectivity index (χ0) is 19.3. The Bertz CT molecular complexity index is 1040. The highest BCUT2D eigenvalue weighted by Crippen LogP contribution is 2.16. The number of hydrogen-bond donors (Lipinski definition) is 1. The molecule has 2 heterocycles. The fraction of sp³-hybridized carbons (Fsp3) is 0.143. The van der Waals surface area contributed by atoms with Gasteiger partial charge in [-0.3, -0.25) is 9.48 Å². The summed E-state index contributed by atoms with van der Waals surface area (Å²) in [6.45, 7) is 2.59. The third-order valence-corrected chi connectivity index (χ3v) is 4.51. The number of benzene rings is 2. The van der Waals surface area contributed by atoms with E-state index >= 15 is 0 Å². The van der Waals surface area contributed by atoms with Gasteiger partial charge in [0.2, 0.25) is 0 Å². The minimum absolute atomic E-state index is 0.130. The lowest BCUT2D eigenvalue weighted by Crippen LogP contribution is -2.26. The van der Waals surface area contributed by atoms with Crippen LogP contribution in [0.25, 0.3) is 5.69 Å². The molecule has 0 radical (unpaired) electrons. The molecule has 0 bridgehead atoms. The van der Waals surface area contributed by atoms with Gasteiger partial charge in [-0.1, -0.05) is 42.5 Å². The van der Waals surface area contributed by atoms with Crippen LogP contribution >= 0.6 is 0 Å². The van der Waals surface area contributed by atoms with Gasteiger partial charge in [0.15, 0.2) is 0 Å². The second kappa shape index (κ2) is 7.87. The van der Waals surface area contributed by atoms with Crippen LogP contribution in [-0.4, -0.2) is 30.5 Å². The van der Waals surface area contributed by atoms with Crippen LogP contribution in [0, 0.1) is 0 Å². The first-order valence-electron chi connectivity index (χ1n) is 9.01. The Morgan fingerprint density at radius 3 is 2.57 bits per heavy atom. The van der Waals surface area contributed by atoms with Crippen molar-refractivity contribution in [3.8, 4) is 5.69 Å². The number of carbonyl (C=O) groups excluding carboxylic acids is 1. The van der Waals surface area contributed by atoms with Gasteiger partial charge in [0.1, 0.15) is 12.7 Å². The van der Waals surface area contributed by atoms with E-state index in [9.17, 15) is 4.79 Å². The van der Waals surface area contributed by atoms with Crippen molar-refractivity contribution in [1.82, 2.24) is 29.9 Å². The monoisotopic (exact) mass is 372 g/mol. The summed E-state index contributed by atoms with van der Waals surface area (Å²) in [5.74, 6) is -0.146. The van der Waals surface area contributed by atoms with E-state index in [1.807, 2.05) is 61.5 Å². The minimum atomic E-state index is -0.146. The molecule has 0 saturated heterocycles. The van der Waals surface area contributed by atoms with Crippen molar-refractivity contribution in [3.05, 3.63) is 96.3 Å². The van der Waals surface area contributed by atoms with E-state index in [1.54, 1.807) is 28.1 Å². The molecule has 4 rings (SSSR count). The van der Waals surface area contributed by atoms with E-state index in [0.29, 0.717) is 12.1 Å². The van der Waals surface area contributed by atoms with Crippen LogP contribution < -0.4 is 5.32 Å². The fourth-order valence-electron chi connectivity index (χ4n) is 2.96. The Balaban J connectivity index is 1.39. The molecule has 0 spiro atoms. The Hall–Kier alpha value is -3.74. The standard InChI is InChI=1S/C21H20N6O/c1-16(18-7-9-20(10-8-18)27-15-22-14-24-27)25-21(28)19-11-23-26(13-19)12-17-5-3-2-4-6-17/h2-11,13-16H,12H2,1H3,(H,25,28)/t16-/m0/s1. The first kappa shape index (κ1) is 17.7. The van der Waals surface area contributed by atoms with Crippen molar-refractivity contribution in [2.75, 3.05) is 0 Å². The zero-order valence-corrected chi connectivity index (χ0v) is 15.4. The summed E-state index contributed by atoms with van der Waals surface area (Å²) in [4.78, 5) is 16.5.